The van der Waals surface area contributed by atoms with Crippen LogP contribution >= 0.6 is 0 Å². The van der Waals surface area contributed by atoms with Crippen molar-refractivity contribution < 1.29 is 101 Å². The molecular weight excluding hydrogens is 1540 g/mol. The maximum absolute atomic E-state index is 13.0. The molecule has 6 saturated carbocycles. The Labute approximate surface area is 669 Å². The third-order valence-corrected chi connectivity index (χ3v) is 24.6. The molecule has 39 nitrogen and oxygen atoms in total. The fourth-order valence-electron chi connectivity index (χ4n) is 17.3. The van der Waals surface area contributed by atoms with Crippen molar-refractivity contribution in [3.05, 3.63) is 94.4 Å². The highest BCUT2D eigenvalue weighted by molar-refractivity contribution is 5.73. The van der Waals surface area contributed by atoms with E-state index in [1.165, 1.54) is 7.05 Å². The summed E-state index contributed by atoms with van der Waals surface area (Å²) in [4.78, 5) is 200. The molecule has 2 N–H and O–H groups in total. The molecule has 0 aromatic carbocycles. The Balaban J connectivity index is 0.000000153. The van der Waals surface area contributed by atoms with Crippen molar-refractivity contribution in [1.82, 2.24) is 41.1 Å². The first-order valence-electron chi connectivity index (χ1n) is 41.8. The van der Waals surface area contributed by atoms with Gasteiger partial charge in [-0.15, -0.1) is 0 Å². The average Bonchev–Trinajstić information content (AvgIpc) is 1.68. The summed E-state index contributed by atoms with van der Waals surface area (Å²) in [7, 11) is 1.28. The van der Waals surface area contributed by atoms with Gasteiger partial charge in [-0.25, -0.2) is 84.3 Å². The van der Waals surface area contributed by atoms with Crippen LogP contribution in [0.3, 0.4) is 0 Å². The number of hydrogen-bond acceptors (Lipinski definition) is 29. The van der Waals surface area contributed by atoms with Crippen molar-refractivity contribution in [2.24, 2.45) is 42.6 Å². The second-order valence-corrected chi connectivity index (χ2v) is 33.2. The molecule has 18 unspecified atom stereocenters. The Morgan fingerprint density at radius 1 is 0.308 bits per heavy atom. The molecule has 0 bridgehead atoms. The van der Waals surface area contributed by atoms with Gasteiger partial charge in [-0.1, -0.05) is 0 Å². The van der Waals surface area contributed by atoms with Crippen LogP contribution in [0.2, 0.25) is 0 Å². The van der Waals surface area contributed by atoms with E-state index in [2.05, 4.69) is 0 Å². The lowest BCUT2D eigenvalue weighted by Crippen LogP contribution is -2.55. The fourth-order valence-corrected chi connectivity index (χ4v) is 17.3. The highest BCUT2D eigenvalue weighted by Crippen LogP contribution is 2.44. The molecule has 0 amide bonds. The Hall–Kier alpha value is -8.76. The minimum absolute atomic E-state index is 0.0145. The first kappa shape index (κ1) is 86.1. The number of aliphatic carboxylic acids is 1. The predicted octanol–water partition coefficient (Wildman–Crippen LogP) is -0.306. The number of carboxylic acid groups (broad SMARTS) is 1. The number of rotatable bonds is 38. The van der Waals surface area contributed by atoms with E-state index < -0.39 is 94.2 Å². The molecule has 0 spiro atoms. The Morgan fingerprint density at radius 2 is 0.556 bits per heavy atom. The number of carboxylic acids is 1. The van der Waals surface area contributed by atoms with E-state index >= 15 is 0 Å². The minimum Gasteiger partial charge on any atom is -0.480 e. The number of hydrogen-bond donors (Lipinski definition) is 2. The van der Waals surface area contributed by atoms with Crippen LogP contribution in [0.4, 0.5) is 0 Å². The van der Waals surface area contributed by atoms with E-state index in [1.807, 2.05) is 0 Å². The van der Waals surface area contributed by atoms with Crippen LogP contribution in [0.5, 0.6) is 0 Å². The van der Waals surface area contributed by atoms with Gasteiger partial charge >= 0.3 is 93.0 Å². The van der Waals surface area contributed by atoms with Crippen LogP contribution in [0.15, 0.2) is 43.2 Å². The molecule has 117 heavy (non-hydrogen) atoms. The van der Waals surface area contributed by atoms with Gasteiger partial charge in [0.15, 0.2) is 0 Å². The Morgan fingerprint density at radius 3 is 0.821 bits per heavy atom. The van der Waals surface area contributed by atoms with Crippen molar-refractivity contribution in [1.29, 1.82) is 0 Å². The second kappa shape index (κ2) is 39.4. The number of carbonyl (C=O) groups excluding carboxylic acids is 6. The Bertz CT molecular complexity index is 4500. The van der Waals surface area contributed by atoms with Crippen molar-refractivity contribution in [3.63, 3.8) is 0 Å². The summed E-state index contributed by atoms with van der Waals surface area (Å²) in [6.07, 6.45) is 20.7. The van der Waals surface area contributed by atoms with E-state index in [0.717, 1.165) is 139 Å². The summed E-state index contributed by atoms with van der Waals surface area (Å²) in [6.45, 7) is -1.01. The molecule has 12 aliphatic rings. The van der Waals surface area contributed by atoms with Gasteiger partial charge in [0.25, 0.3) is 0 Å². The van der Waals surface area contributed by atoms with E-state index in [4.69, 9.17) is 56.8 Å². The zero-order valence-electron chi connectivity index (χ0n) is 66.1. The van der Waals surface area contributed by atoms with E-state index in [9.17, 15) is 86.9 Å². The molecule has 15 rings (SSSR count). The fraction of sp³-hybridized carbons (Fsp3) is 0.795. The molecule has 9 heterocycles. The number of carbonyl (C=O) groups is 7. The molecule has 6 aliphatic heterocycles. The number of ether oxygens (including phenoxy) is 12. The molecule has 646 valence electrons. The zero-order chi connectivity index (χ0) is 82.7. The van der Waals surface area contributed by atoms with Crippen molar-refractivity contribution in [3.8, 4) is 0 Å². The highest BCUT2D eigenvalue weighted by Gasteiger charge is 2.49. The van der Waals surface area contributed by atoms with Gasteiger partial charge in [-0.3, -0.25) is 33.6 Å². The number of nitrogens with zero attached hydrogens (tertiary/aromatic N) is 9. The van der Waals surface area contributed by atoms with Crippen LogP contribution in [0, 0.1) is 35.5 Å². The van der Waals surface area contributed by atoms with Crippen LogP contribution in [-0.4, -0.2) is 213 Å². The largest absolute Gasteiger partial charge is 0.480 e. The molecule has 12 fully saturated rings. The standard InChI is InChI=1S/C27H37N3O11.C27H39N3O10.C24H33N3O9/c31-22(32)13-30-26(36)28(9-1-3-23(33)38-14-16-5-7-18-20(11-16)40-18)25(35)29(27(30)37)10-2-4-24(34)39-15-17-6-8-19-21(12-17)41-19;31-12-11-30-26(35)28(9-1-3-23(32)37-15-17-5-7-19-21(13-17)39-19)25(34)29(27(30)36)10-2-4-24(33)38-16-18-6-8-20-22(14-18)40-20;1-25-22(30)26(8-2-3-20(28)34-13-14-4-6-16-18(11-14)35-16)24(32)27(23(25)31)9-10-33-21(29)15-5-7-17-19(12-15)36-17/h16-21H,1-15H2,(H,31,32);17-22,31H,1-16H2;14-19H,2-13H2,1H3. The average molecular weight is 1650 g/mol. The molecule has 18 atom stereocenters. The van der Waals surface area contributed by atoms with Crippen molar-refractivity contribution in [2.45, 2.75) is 305 Å². The number of aliphatic hydroxyl groups is 1. The van der Waals surface area contributed by atoms with E-state index in [1.54, 1.807) is 0 Å². The summed E-state index contributed by atoms with van der Waals surface area (Å²) < 4.78 is 72.3. The third-order valence-electron chi connectivity index (χ3n) is 24.6. The number of fused-ring (bicyclic) bond motifs is 6. The van der Waals surface area contributed by atoms with E-state index in [0.29, 0.717) is 105 Å². The lowest BCUT2D eigenvalue weighted by atomic mass is 9.89. The van der Waals surface area contributed by atoms with Gasteiger partial charge in [-0.2, -0.15) is 0 Å². The maximum atomic E-state index is 13.0. The SMILES string of the molecule is Cn1c(=O)n(CCCC(=O)OCC2CCC3OC3C2)c(=O)n(CCOC(=O)C2CCC3OC3C2)c1=O.O=C(CCCn1c(=O)n(CCO)c(=O)n(CCCC(=O)OCC2CCC3OC3C2)c1=O)OCC1CCC2OC2C1.O=C(O)Cn1c(=O)n(CCCC(=O)OCC2CCC3OC3C2)c(=O)n(CCCC(=O)OCC2CCC3OC3C2)c1=O. The molecule has 0 radical (unpaired) electrons. The number of esters is 6. The zero-order valence-corrected chi connectivity index (χ0v) is 66.1. The topological polar surface area (TPSA) is 489 Å². The molecule has 39 heteroatoms. The van der Waals surface area contributed by atoms with Crippen LogP contribution in [-0.2, 0) is 150 Å². The third kappa shape index (κ3) is 23.4. The first-order valence-corrected chi connectivity index (χ1v) is 41.8. The lowest BCUT2D eigenvalue weighted by Gasteiger charge is -2.18. The van der Waals surface area contributed by atoms with Gasteiger partial charge in [0, 0.05) is 71.9 Å². The minimum atomic E-state index is -1.43. The summed E-state index contributed by atoms with van der Waals surface area (Å²) in [6, 6.07) is 0. The van der Waals surface area contributed by atoms with E-state index in [-0.39, 0.29) is 183 Å². The van der Waals surface area contributed by atoms with Gasteiger partial charge in [0.1, 0.15) is 13.2 Å². The Kier molecular flexibility index (Phi) is 29.0. The number of aromatic nitrogens is 9. The molecular formula is C78H109N9O30. The van der Waals surface area contributed by atoms with Crippen molar-refractivity contribution in [2.75, 3.05) is 46.2 Å². The normalized spacial score (nSPS) is 28.7. The maximum Gasteiger partial charge on any atom is 0.336 e. The van der Waals surface area contributed by atoms with Crippen molar-refractivity contribution >= 4 is 41.8 Å². The monoisotopic (exact) mass is 1650 g/mol. The summed E-state index contributed by atoms with van der Waals surface area (Å²) in [5.41, 5.74) is -7.89. The summed E-state index contributed by atoms with van der Waals surface area (Å²) in [5, 5.41) is 18.6. The molecule has 6 aliphatic carbocycles. The quantitative estimate of drug-likeness (QED) is 0.0422. The predicted molar refractivity (Wildman–Crippen MR) is 401 cm³/mol. The van der Waals surface area contributed by atoms with Gasteiger partial charge < -0.3 is 67.1 Å². The summed E-state index contributed by atoms with van der Waals surface area (Å²) >= 11 is 0. The van der Waals surface area contributed by atoms with Crippen LogP contribution in [0.25, 0.3) is 0 Å². The van der Waals surface area contributed by atoms with Gasteiger partial charge in [0.2, 0.25) is 0 Å². The molecule has 6 saturated heterocycles. The molecule has 3 aromatic heterocycles. The second-order valence-electron chi connectivity index (χ2n) is 33.2. The number of epoxide rings is 6. The first-order chi connectivity index (χ1) is 56.3. The van der Waals surface area contributed by atoms with Crippen LogP contribution in [0.1, 0.15) is 180 Å². The van der Waals surface area contributed by atoms with Gasteiger partial charge in [-0.05, 0) is 177 Å². The smallest absolute Gasteiger partial charge is 0.336 e. The molecule has 3 aromatic rings. The lowest BCUT2D eigenvalue weighted by molar-refractivity contribution is -0.150. The summed E-state index contributed by atoms with van der Waals surface area (Å²) in [5.74, 6) is -2.78. The number of aliphatic hydroxyl groups excluding tert-OH is 1. The highest BCUT2D eigenvalue weighted by atomic mass is 16.6. The van der Waals surface area contributed by atoms with Crippen LogP contribution < -0.4 is 51.2 Å². The van der Waals surface area contributed by atoms with Gasteiger partial charge in [0.05, 0.1) is 132 Å².